The molecular weight excluding hydrogens is 253 g/mol. The van der Waals surface area contributed by atoms with E-state index >= 15 is 0 Å². The number of unbranched alkanes of at least 4 members (excludes halogenated alkanes) is 1. The number of pyridine rings is 1. The summed E-state index contributed by atoms with van der Waals surface area (Å²) in [6, 6.07) is 1.83. The number of anilines is 1. The molecule has 1 heterocycles. The van der Waals surface area contributed by atoms with Crippen molar-refractivity contribution in [3.05, 3.63) is 23.1 Å². The average molecular weight is 274 g/mol. The second-order valence-corrected chi connectivity index (χ2v) is 5.13. The molecule has 0 aliphatic carbocycles. The van der Waals surface area contributed by atoms with Gasteiger partial charge in [0.05, 0.1) is 5.02 Å². The fraction of sp³-hybridized carbons (Fsp3) is 0.615. The lowest BCUT2D eigenvalue weighted by Gasteiger charge is -2.20. The molecule has 1 rings (SSSR count). The number of hydrogen-bond acceptors (Lipinski definition) is 3. The second-order valence-electron chi connectivity index (χ2n) is 4.69. The maximum atomic E-state index is 13.4. The van der Waals surface area contributed by atoms with E-state index in [2.05, 4.69) is 36.1 Å². The maximum Gasteiger partial charge on any atom is 0.166 e. The zero-order valence-electron chi connectivity index (χ0n) is 11.2. The fourth-order valence-electron chi connectivity index (χ4n) is 1.50. The molecule has 0 bridgehead atoms. The zero-order chi connectivity index (χ0) is 13.5. The third kappa shape index (κ3) is 5.19. The van der Waals surface area contributed by atoms with Gasteiger partial charge in [0.2, 0.25) is 0 Å². The van der Waals surface area contributed by atoms with Crippen molar-refractivity contribution in [3.8, 4) is 0 Å². The molecule has 0 aliphatic heterocycles. The van der Waals surface area contributed by atoms with E-state index in [1.165, 1.54) is 12.3 Å². The summed E-state index contributed by atoms with van der Waals surface area (Å²) < 4.78 is 13.4. The molecule has 0 aliphatic rings. The number of rotatable bonds is 7. The van der Waals surface area contributed by atoms with Gasteiger partial charge in [-0.15, -0.1) is 0 Å². The largest absolute Gasteiger partial charge is 0.368 e. The maximum absolute atomic E-state index is 13.4. The summed E-state index contributed by atoms with van der Waals surface area (Å²) in [5, 5.41) is 3.30. The summed E-state index contributed by atoms with van der Waals surface area (Å²) in [5.41, 5.74) is 0. The monoisotopic (exact) mass is 273 g/mol. The van der Waals surface area contributed by atoms with Crippen molar-refractivity contribution >= 4 is 17.4 Å². The van der Waals surface area contributed by atoms with Crippen molar-refractivity contribution in [2.75, 3.05) is 25.5 Å². The molecule has 0 radical (unpaired) electrons. The molecule has 0 fully saturated rings. The van der Waals surface area contributed by atoms with Crippen LogP contribution in [0.5, 0.6) is 0 Å². The van der Waals surface area contributed by atoms with E-state index in [-0.39, 0.29) is 5.82 Å². The molecule has 18 heavy (non-hydrogen) atoms. The standard InChI is InChI=1S/C13H21ClFN3/c1-10(2)18(3)7-5-4-6-16-13-12(15)8-11(14)9-17-13/h8-10H,4-7H2,1-3H3,(H,16,17). The zero-order valence-corrected chi connectivity index (χ0v) is 12.0. The molecule has 0 unspecified atom stereocenters. The van der Waals surface area contributed by atoms with Crippen molar-refractivity contribution in [2.24, 2.45) is 0 Å². The highest BCUT2D eigenvalue weighted by Gasteiger charge is 2.04. The molecule has 0 atom stereocenters. The molecule has 0 saturated heterocycles. The second kappa shape index (κ2) is 7.54. The lowest BCUT2D eigenvalue weighted by atomic mass is 10.2. The molecule has 5 heteroatoms. The third-order valence-corrected chi connectivity index (χ3v) is 3.13. The molecule has 1 aromatic rings. The van der Waals surface area contributed by atoms with Crippen molar-refractivity contribution in [1.82, 2.24) is 9.88 Å². The normalized spacial score (nSPS) is 11.3. The van der Waals surface area contributed by atoms with E-state index in [0.29, 0.717) is 11.1 Å². The average Bonchev–Trinajstić information content (AvgIpc) is 2.30. The van der Waals surface area contributed by atoms with Gasteiger partial charge in [0.25, 0.3) is 0 Å². The number of nitrogens with zero attached hydrogens (tertiary/aromatic N) is 2. The van der Waals surface area contributed by atoms with Crippen molar-refractivity contribution in [3.63, 3.8) is 0 Å². The van der Waals surface area contributed by atoms with Crippen molar-refractivity contribution < 1.29 is 4.39 Å². The van der Waals surface area contributed by atoms with Crippen LogP contribution < -0.4 is 5.32 Å². The molecule has 3 nitrogen and oxygen atoms in total. The summed E-state index contributed by atoms with van der Waals surface area (Å²) in [7, 11) is 2.11. The van der Waals surface area contributed by atoms with Gasteiger partial charge in [-0.2, -0.15) is 0 Å². The smallest absolute Gasteiger partial charge is 0.166 e. The Morgan fingerprint density at radius 3 is 2.78 bits per heavy atom. The minimum atomic E-state index is -0.401. The Morgan fingerprint density at radius 2 is 2.17 bits per heavy atom. The summed E-state index contributed by atoms with van der Waals surface area (Å²) in [6.45, 7) is 6.11. The first kappa shape index (κ1) is 15.2. The summed E-state index contributed by atoms with van der Waals surface area (Å²) in [6.07, 6.45) is 3.51. The number of aromatic nitrogens is 1. The minimum absolute atomic E-state index is 0.275. The van der Waals surface area contributed by atoms with Gasteiger partial charge < -0.3 is 10.2 Å². The fourth-order valence-corrected chi connectivity index (χ4v) is 1.64. The predicted octanol–water partition coefficient (Wildman–Crippen LogP) is 3.41. The Bertz CT molecular complexity index is 371. The quantitative estimate of drug-likeness (QED) is 0.772. The number of nitrogens with one attached hydrogen (secondary N) is 1. The van der Waals surface area contributed by atoms with E-state index in [9.17, 15) is 4.39 Å². The highest BCUT2D eigenvalue weighted by Crippen LogP contribution is 2.15. The Balaban J connectivity index is 2.22. The first-order chi connectivity index (χ1) is 8.50. The van der Waals surface area contributed by atoms with Crippen LogP contribution in [0, 0.1) is 5.82 Å². The Kier molecular flexibility index (Phi) is 6.36. The highest BCUT2D eigenvalue weighted by atomic mass is 35.5. The van der Waals surface area contributed by atoms with Crippen molar-refractivity contribution in [2.45, 2.75) is 32.7 Å². The van der Waals surface area contributed by atoms with Crippen LogP contribution in [0.25, 0.3) is 0 Å². The summed E-state index contributed by atoms with van der Waals surface area (Å²) in [4.78, 5) is 6.20. The number of hydrogen-bond donors (Lipinski definition) is 1. The molecule has 0 amide bonds. The van der Waals surface area contributed by atoms with Crippen LogP contribution >= 0.6 is 11.6 Å². The van der Waals surface area contributed by atoms with E-state index in [1.807, 2.05) is 0 Å². The van der Waals surface area contributed by atoms with Crippen molar-refractivity contribution in [1.29, 1.82) is 0 Å². The highest BCUT2D eigenvalue weighted by molar-refractivity contribution is 6.30. The Labute approximate surface area is 113 Å². The minimum Gasteiger partial charge on any atom is -0.368 e. The predicted molar refractivity (Wildman–Crippen MR) is 74.7 cm³/mol. The topological polar surface area (TPSA) is 28.2 Å². The SMILES string of the molecule is CC(C)N(C)CCCCNc1ncc(Cl)cc1F. The molecule has 1 N–H and O–H groups in total. The molecule has 102 valence electrons. The van der Waals surface area contributed by atoms with Gasteiger partial charge in [-0.25, -0.2) is 9.37 Å². The molecular formula is C13H21ClFN3. The first-order valence-electron chi connectivity index (χ1n) is 6.26. The number of halogens is 2. The van der Waals surface area contributed by atoms with Gasteiger partial charge in [-0.1, -0.05) is 11.6 Å². The van der Waals surface area contributed by atoms with Crippen LogP contribution in [0.1, 0.15) is 26.7 Å². The lowest BCUT2D eigenvalue weighted by molar-refractivity contribution is 0.269. The first-order valence-corrected chi connectivity index (χ1v) is 6.63. The molecule has 0 saturated carbocycles. The van der Waals surface area contributed by atoms with Gasteiger partial charge in [-0.3, -0.25) is 0 Å². The third-order valence-electron chi connectivity index (χ3n) is 2.92. The van der Waals surface area contributed by atoms with Gasteiger partial charge in [-0.05, 0) is 46.3 Å². The van der Waals surface area contributed by atoms with Gasteiger partial charge >= 0.3 is 0 Å². The van der Waals surface area contributed by atoms with Gasteiger partial charge in [0.15, 0.2) is 11.6 Å². The lowest BCUT2D eigenvalue weighted by Crippen LogP contribution is -2.27. The van der Waals surface area contributed by atoms with Crippen LogP contribution in [-0.2, 0) is 0 Å². The van der Waals surface area contributed by atoms with Crippen LogP contribution in [0.15, 0.2) is 12.3 Å². The summed E-state index contributed by atoms with van der Waals surface area (Å²) >= 11 is 5.63. The van der Waals surface area contributed by atoms with Gasteiger partial charge in [0.1, 0.15) is 0 Å². The Hall–Kier alpha value is -0.870. The van der Waals surface area contributed by atoms with Crippen LogP contribution in [0.3, 0.4) is 0 Å². The van der Waals surface area contributed by atoms with E-state index in [4.69, 9.17) is 11.6 Å². The summed E-state index contributed by atoms with van der Waals surface area (Å²) in [5.74, 6) is -0.126. The van der Waals surface area contributed by atoms with Crippen LogP contribution in [0.2, 0.25) is 5.02 Å². The molecule has 0 spiro atoms. The Morgan fingerprint density at radius 1 is 1.44 bits per heavy atom. The molecule has 1 aromatic heterocycles. The molecule has 0 aromatic carbocycles. The van der Waals surface area contributed by atoms with Crippen LogP contribution in [-0.4, -0.2) is 36.1 Å². The van der Waals surface area contributed by atoms with E-state index in [1.54, 1.807) is 0 Å². The van der Waals surface area contributed by atoms with Crippen LogP contribution in [0.4, 0.5) is 10.2 Å². The van der Waals surface area contributed by atoms with Gasteiger partial charge in [0, 0.05) is 18.8 Å². The van der Waals surface area contributed by atoms with E-state index < -0.39 is 5.82 Å². The van der Waals surface area contributed by atoms with E-state index in [0.717, 1.165) is 25.9 Å².